The largest absolute Gasteiger partial charge is 0.379 e. The van der Waals surface area contributed by atoms with Gasteiger partial charge in [0.05, 0.1) is 18.3 Å². The molecule has 0 radical (unpaired) electrons. The number of benzene rings is 1. The van der Waals surface area contributed by atoms with Gasteiger partial charge < -0.3 is 5.32 Å². The van der Waals surface area contributed by atoms with Crippen LogP contribution in [-0.2, 0) is 6.54 Å². The molecule has 1 aliphatic rings. The van der Waals surface area contributed by atoms with Crippen molar-refractivity contribution in [3.05, 3.63) is 48.0 Å². The van der Waals surface area contributed by atoms with E-state index in [0.29, 0.717) is 12.6 Å². The second-order valence-corrected chi connectivity index (χ2v) is 5.09. The van der Waals surface area contributed by atoms with E-state index in [0.717, 1.165) is 11.4 Å². The first-order valence-electron chi connectivity index (χ1n) is 6.85. The smallest absolute Gasteiger partial charge is 0.125 e. The zero-order valence-electron chi connectivity index (χ0n) is 10.8. The lowest BCUT2D eigenvalue weighted by Crippen LogP contribution is -2.07. The Morgan fingerprint density at radius 1 is 1.26 bits per heavy atom. The maximum atomic E-state index is 13.0. The molecule has 0 aliphatic heterocycles. The molecule has 1 aromatic heterocycles. The normalized spacial score (nSPS) is 15.8. The highest BCUT2D eigenvalue weighted by atomic mass is 19.1. The van der Waals surface area contributed by atoms with Crippen LogP contribution in [0, 0.1) is 5.82 Å². The molecule has 100 valence electrons. The van der Waals surface area contributed by atoms with E-state index < -0.39 is 0 Å². The number of halogens is 1. The molecule has 1 aromatic carbocycles. The summed E-state index contributed by atoms with van der Waals surface area (Å²) in [5, 5.41) is 7.78. The summed E-state index contributed by atoms with van der Waals surface area (Å²) in [4.78, 5) is 0. The Bertz CT molecular complexity index is 544. The first-order valence-corrected chi connectivity index (χ1v) is 6.85. The van der Waals surface area contributed by atoms with Crippen molar-refractivity contribution < 1.29 is 4.39 Å². The molecule has 1 saturated carbocycles. The highest BCUT2D eigenvalue weighted by molar-refractivity contribution is 5.43. The minimum Gasteiger partial charge on any atom is -0.379 e. The van der Waals surface area contributed by atoms with Crippen LogP contribution in [0.15, 0.2) is 36.5 Å². The minimum atomic E-state index is -0.221. The molecule has 0 saturated heterocycles. The fourth-order valence-electron chi connectivity index (χ4n) is 2.63. The molecule has 1 fully saturated rings. The van der Waals surface area contributed by atoms with Gasteiger partial charge in [0, 0.05) is 11.9 Å². The van der Waals surface area contributed by atoms with Gasteiger partial charge in [-0.2, -0.15) is 5.10 Å². The zero-order valence-corrected chi connectivity index (χ0v) is 10.8. The summed E-state index contributed by atoms with van der Waals surface area (Å²) in [5.74, 6) is -0.221. The lowest BCUT2D eigenvalue weighted by molar-refractivity contribution is 0.463. The SMILES string of the molecule is Fc1cccc(NCc2ccn(C3CCCC3)n2)c1. The molecule has 4 heteroatoms. The van der Waals surface area contributed by atoms with E-state index in [-0.39, 0.29) is 5.82 Å². The number of hydrogen-bond acceptors (Lipinski definition) is 2. The monoisotopic (exact) mass is 259 g/mol. The van der Waals surface area contributed by atoms with E-state index in [1.54, 1.807) is 6.07 Å². The van der Waals surface area contributed by atoms with Gasteiger partial charge in [0.15, 0.2) is 0 Å². The second-order valence-electron chi connectivity index (χ2n) is 5.09. The van der Waals surface area contributed by atoms with Gasteiger partial charge in [-0.3, -0.25) is 4.68 Å². The van der Waals surface area contributed by atoms with Crippen molar-refractivity contribution in [2.45, 2.75) is 38.3 Å². The topological polar surface area (TPSA) is 29.9 Å². The van der Waals surface area contributed by atoms with Crippen LogP contribution >= 0.6 is 0 Å². The summed E-state index contributed by atoms with van der Waals surface area (Å²) < 4.78 is 15.1. The Hall–Kier alpha value is -1.84. The van der Waals surface area contributed by atoms with E-state index in [9.17, 15) is 4.39 Å². The number of nitrogens with one attached hydrogen (secondary N) is 1. The quantitative estimate of drug-likeness (QED) is 0.906. The van der Waals surface area contributed by atoms with Crippen LogP contribution in [0.4, 0.5) is 10.1 Å². The highest BCUT2D eigenvalue weighted by Gasteiger charge is 2.17. The summed E-state index contributed by atoms with van der Waals surface area (Å²) in [6.45, 7) is 0.628. The maximum Gasteiger partial charge on any atom is 0.125 e. The van der Waals surface area contributed by atoms with E-state index in [2.05, 4.69) is 21.3 Å². The second kappa shape index (κ2) is 5.43. The van der Waals surface area contributed by atoms with Gasteiger partial charge in [-0.05, 0) is 37.1 Å². The Balaban J connectivity index is 1.61. The van der Waals surface area contributed by atoms with Crippen molar-refractivity contribution in [1.82, 2.24) is 9.78 Å². The molecule has 3 rings (SSSR count). The Morgan fingerprint density at radius 2 is 2.11 bits per heavy atom. The van der Waals surface area contributed by atoms with Crippen molar-refractivity contribution >= 4 is 5.69 Å². The van der Waals surface area contributed by atoms with Crippen LogP contribution in [0.3, 0.4) is 0 Å². The van der Waals surface area contributed by atoms with Gasteiger partial charge in [-0.25, -0.2) is 4.39 Å². The van der Waals surface area contributed by atoms with Crippen LogP contribution in [0.2, 0.25) is 0 Å². The van der Waals surface area contributed by atoms with Gasteiger partial charge in [0.2, 0.25) is 0 Å². The number of hydrogen-bond donors (Lipinski definition) is 1. The first-order chi connectivity index (χ1) is 9.31. The van der Waals surface area contributed by atoms with Crippen molar-refractivity contribution in [3.63, 3.8) is 0 Å². The van der Waals surface area contributed by atoms with Gasteiger partial charge in [-0.1, -0.05) is 18.9 Å². The molecule has 0 unspecified atom stereocenters. The van der Waals surface area contributed by atoms with Crippen LogP contribution in [0.5, 0.6) is 0 Å². The van der Waals surface area contributed by atoms with Crippen LogP contribution < -0.4 is 5.32 Å². The maximum absolute atomic E-state index is 13.0. The molecule has 0 atom stereocenters. The van der Waals surface area contributed by atoms with Crippen molar-refractivity contribution in [2.24, 2.45) is 0 Å². The van der Waals surface area contributed by atoms with Gasteiger partial charge >= 0.3 is 0 Å². The molecule has 1 aliphatic carbocycles. The standard InChI is InChI=1S/C15H18FN3/c16-12-4-3-5-13(10-12)17-11-14-8-9-19(18-14)15-6-1-2-7-15/h3-5,8-10,15,17H,1-2,6-7,11H2. The molecular weight excluding hydrogens is 241 g/mol. The van der Waals surface area contributed by atoms with Crippen molar-refractivity contribution in [1.29, 1.82) is 0 Å². The lowest BCUT2D eigenvalue weighted by Gasteiger charge is -2.09. The summed E-state index contributed by atoms with van der Waals surface area (Å²) in [6.07, 6.45) is 7.14. The average molecular weight is 259 g/mol. The Labute approximate surface area is 112 Å². The van der Waals surface area contributed by atoms with Crippen LogP contribution in [0.1, 0.15) is 37.4 Å². The third-order valence-corrected chi connectivity index (χ3v) is 3.66. The van der Waals surface area contributed by atoms with E-state index >= 15 is 0 Å². The zero-order chi connectivity index (χ0) is 13.1. The number of aromatic nitrogens is 2. The van der Waals surface area contributed by atoms with Crippen LogP contribution in [0.25, 0.3) is 0 Å². The van der Waals surface area contributed by atoms with Gasteiger partial charge in [0.25, 0.3) is 0 Å². The van der Waals surface area contributed by atoms with E-state index in [1.807, 2.05) is 12.1 Å². The van der Waals surface area contributed by atoms with Gasteiger partial charge in [0.1, 0.15) is 5.82 Å². The lowest BCUT2D eigenvalue weighted by atomic mass is 10.3. The number of rotatable bonds is 4. The molecular formula is C15H18FN3. The summed E-state index contributed by atoms with van der Waals surface area (Å²) in [6, 6.07) is 9.10. The number of nitrogens with zero attached hydrogens (tertiary/aromatic N) is 2. The fourth-order valence-corrected chi connectivity index (χ4v) is 2.63. The summed E-state index contributed by atoms with van der Waals surface area (Å²) in [5.41, 5.74) is 1.78. The highest BCUT2D eigenvalue weighted by Crippen LogP contribution is 2.28. The molecule has 2 aromatic rings. The summed E-state index contributed by atoms with van der Waals surface area (Å²) in [7, 11) is 0. The summed E-state index contributed by atoms with van der Waals surface area (Å²) >= 11 is 0. The third-order valence-electron chi connectivity index (χ3n) is 3.66. The number of anilines is 1. The Morgan fingerprint density at radius 3 is 2.89 bits per heavy atom. The fraction of sp³-hybridized carbons (Fsp3) is 0.400. The van der Waals surface area contributed by atoms with Crippen molar-refractivity contribution in [3.8, 4) is 0 Å². The molecule has 1 heterocycles. The van der Waals surface area contributed by atoms with Crippen LogP contribution in [-0.4, -0.2) is 9.78 Å². The molecule has 1 N–H and O–H groups in total. The molecule has 0 spiro atoms. The first kappa shape index (κ1) is 12.2. The molecule has 3 nitrogen and oxygen atoms in total. The third kappa shape index (κ3) is 2.95. The predicted octanol–water partition coefficient (Wildman–Crippen LogP) is 3.75. The molecule has 19 heavy (non-hydrogen) atoms. The van der Waals surface area contributed by atoms with Crippen molar-refractivity contribution in [2.75, 3.05) is 5.32 Å². The molecule has 0 amide bonds. The van der Waals surface area contributed by atoms with Gasteiger partial charge in [-0.15, -0.1) is 0 Å². The minimum absolute atomic E-state index is 0.221. The Kier molecular flexibility index (Phi) is 3.49. The predicted molar refractivity (Wildman–Crippen MR) is 73.5 cm³/mol. The van der Waals surface area contributed by atoms with E-state index in [1.165, 1.54) is 37.8 Å². The molecule has 0 bridgehead atoms. The van der Waals surface area contributed by atoms with E-state index in [4.69, 9.17) is 0 Å². The average Bonchev–Trinajstić information content (AvgIpc) is 3.07.